The van der Waals surface area contributed by atoms with Crippen molar-refractivity contribution in [2.24, 2.45) is 21.8 Å². The summed E-state index contributed by atoms with van der Waals surface area (Å²) >= 11 is 0. The van der Waals surface area contributed by atoms with Crippen molar-refractivity contribution in [3.8, 4) is 0 Å². The van der Waals surface area contributed by atoms with Gasteiger partial charge in [-0.1, -0.05) is 13.8 Å². The Labute approximate surface area is 125 Å². The fourth-order valence-electron chi connectivity index (χ4n) is 3.08. The SMILES string of the molecule is COC1=N[C@H](C(C)C)C(OC)=N[C@H]1C[C@@H]1C[C@@H](O)[C@H](F)C1. The number of alkyl halides is 1. The van der Waals surface area contributed by atoms with Crippen molar-refractivity contribution in [1.29, 1.82) is 0 Å². The zero-order chi connectivity index (χ0) is 15.6. The first-order chi connectivity index (χ1) is 9.96. The van der Waals surface area contributed by atoms with Gasteiger partial charge in [0.15, 0.2) is 0 Å². The summed E-state index contributed by atoms with van der Waals surface area (Å²) in [6, 6.07) is -0.383. The molecule has 0 aromatic rings. The number of ether oxygens (including phenoxy) is 2. The van der Waals surface area contributed by atoms with Crippen LogP contribution in [0.15, 0.2) is 9.98 Å². The molecule has 0 amide bonds. The minimum Gasteiger partial charge on any atom is -0.483 e. The lowest BCUT2D eigenvalue weighted by atomic mass is 9.96. The van der Waals surface area contributed by atoms with E-state index in [0.29, 0.717) is 31.1 Å². The van der Waals surface area contributed by atoms with Crippen LogP contribution in [0.3, 0.4) is 0 Å². The van der Waals surface area contributed by atoms with Gasteiger partial charge in [-0.15, -0.1) is 0 Å². The van der Waals surface area contributed by atoms with Gasteiger partial charge in [0, 0.05) is 0 Å². The van der Waals surface area contributed by atoms with Gasteiger partial charge in [0.25, 0.3) is 0 Å². The number of halogens is 1. The molecule has 1 N–H and O–H groups in total. The minimum atomic E-state index is -1.13. The van der Waals surface area contributed by atoms with Crippen molar-refractivity contribution >= 4 is 11.8 Å². The fourth-order valence-corrected chi connectivity index (χ4v) is 3.08. The Kier molecular flexibility index (Phi) is 5.19. The summed E-state index contributed by atoms with van der Waals surface area (Å²) < 4.78 is 24.2. The smallest absolute Gasteiger partial charge is 0.209 e. The van der Waals surface area contributed by atoms with Crippen molar-refractivity contribution in [2.45, 2.75) is 57.5 Å². The highest BCUT2D eigenvalue weighted by Crippen LogP contribution is 2.33. The van der Waals surface area contributed by atoms with Gasteiger partial charge in [0.05, 0.1) is 20.3 Å². The summed E-state index contributed by atoms with van der Waals surface area (Å²) in [5.41, 5.74) is 0. The van der Waals surface area contributed by atoms with Gasteiger partial charge in [0.1, 0.15) is 18.3 Å². The van der Waals surface area contributed by atoms with E-state index < -0.39 is 12.3 Å². The van der Waals surface area contributed by atoms with E-state index in [-0.39, 0.29) is 23.9 Å². The molecule has 1 aliphatic carbocycles. The zero-order valence-electron chi connectivity index (χ0n) is 13.1. The average molecular weight is 300 g/mol. The molecule has 0 bridgehead atoms. The Balaban J connectivity index is 2.11. The summed E-state index contributed by atoms with van der Waals surface area (Å²) in [6.07, 6.45) is -0.506. The van der Waals surface area contributed by atoms with E-state index in [1.54, 1.807) is 14.2 Å². The molecule has 21 heavy (non-hydrogen) atoms. The van der Waals surface area contributed by atoms with E-state index in [9.17, 15) is 9.50 Å². The van der Waals surface area contributed by atoms with Crippen LogP contribution in [0.5, 0.6) is 0 Å². The first-order valence-corrected chi connectivity index (χ1v) is 7.51. The molecule has 0 aromatic heterocycles. The first-order valence-electron chi connectivity index (χ1n) is 7.51. The summed E-state index contributed by atoms with van der Waals surface area (Å²) in [6.45, 7) is 4.11. The van der Waals surface area contributed by atoms with E-state index in [2.05, 4.69) is 23.8 Å². The molecule has 5 atom stereocenters. The van der Waals surface area contributed by atoms with E-state index in [1.807, 2.05) is 0 Å². The third-order valence-corrected chi connectivity index (χ3v) is 4.24. The second kappa shape index (κ2) is 6.73. The van der Waals surface area contributed by atoms with Gasteiger partial charge in [-0.2, -0.15) is 0 Å². The van der Waals surface area contributed by atoms with Crippen molar-refractivity contribution in [3.63, 3.8) is 0 Å². The Hall–Kier alpha value is -1.17. The van der Waals surface area contributed by atoms with Gasteiger partial charge in [-0.25, -0.2) is 14.4 Å². The molecule has 1 fully saturated rings. The van der Waals surface area contributed by atoms with Crippen LogP contribution in [0, 0.1) is 11.8 Å². The molecule has 1 saturated carbocycles. The van der Waals surface area contributed by atoms with E-state index in [4.69, 9.17) is 9.47 Å². The molecule has 0 aromatic carbocycles. The Morgan fingerprint density at radius 2 is 1.86 bits per heavy atom. The first kappa shape index (κ1) is 16.2. The summed E-state index contributed by atoms with van der Waals surface area (Å²) in [5, 5.41) is 9.54. The molecule has 120 valence electrons. The number of methoxy groups -OCH3 is 2. The molecule has 0 unspecified atom stereocenters. The molecule has 6 heteroatoms. The average Bonchev–Trinajstić information content (AvgIpc) is 2.76. The van der Waals surface area contributed by atoms with Gasteiger partial charge in [0.2, 0.25) is 11.8 Å². The molecular weight excluding hydrogens is 275 g/mol. The van der Waals surface area contributed by atoms with Crippen LogP contribution in [0.4, 0.5) is 4.39 Å². The number of aliphatic hydroxyl groups is 1. The number of hydrogen-bond donors (Lipinski definition) is 1. The van der Waals surface area contributed by atoms with E-state index >= 15 is 0 Å². The van der Waals surface area contributed by atoms with Crippen molar-refractivity contribution < 1.29 is 19.0 Å². The van der Waals surface area contributed by atoms with Crippen LogP contribution in [-0.4, -0.2) is 55.5 Å². The summed E-state index contributed by atoms with van der Waals surface area (Å²) in [4.78, 5) is 9.20. The van der Waals surface area contributed by atoms with Crippen LogP contribution in [0.1, 0.15) is 33.1 Å². The standard InChI is InChI=1S/C15H25FN2O3/c1-8(2)13-15(21-4)17-11(14(18-13)20-3)6-9-5-10(16)12(19)7-9/h8-13,19H,5-7H2,1-4H3/t9-,10-,11+,12-,13-/m1/s1. The second-order valence-electron chi connectivity index (χ2n) is 6.20. The lowest BCUT2D eigenvalue weighted by Crippen LogP contribution is -2.38. The van der Waals surface area contributed by atoms with Crippen LogP contribution in [0.25, 0.3) is 0 Å². The predicted octanol–water partition coefficient (Wildman–Crippen LogP) is 1.98. The quantitative estimate of drug-likeness (QED) is 0.867. The Morgan fingerprint density at radius 1 is 1.19 bits per heavy atom. The molecule has 0 spiro atoms. The highest BCUT2D eigenvalue weighted by molar-refractivity contribution is 5.94. The van der Waals surface area contributed by atoms with Gasteiger partial charge in [-0.3, -0.25) is 0 Å². The maximum absolute atomic E-state index is 13.4. The number of aliphatic imine (C=N–C) groups is 2. The monoisotopic (exact) mass is 300 g/mol. The number of nitrogens with zero attached hydrogens (tertiary/aromatic N) is 2. The normalized spacial score (nSPS) is 36.4. The highest BCUT2D eigenvalue weighted by atomic mass is 19.1. The van der Waals surface area contributed by atoms with E-state index in [0.717, 1.165) is 0 Å². The third kappa shape index (κ3) is 3.54. The number of aliphatic hydroxyl groups excluding tert-OH is 1. The summed E-state index contributed by atoms with van der Waals surface area (Å²) in [7, 11) is 3.17. The zero-order valence-corrected chi connectivity index (χ0v) is 13.1. The lowest BCUT2D eigenvalue weighted by Gasteiger charge is -2.28. The van der Waals surface area contributed by atoms with Crippen LogP contribution in [-0.2, 0) is 9.47 Å². The molecule has 5 nitrogen and oxygen atoms in total. The number of hydrogen-bond acceptors (Lipinski definition) is 5. The van der Waals surface area contributed by atoms with Crippen LogP contribution >= 0.6 is 0 Å². The van der Waals surface area contributed by atoms with Crippen LogP contribution in [0.2, 0.25) is 0 Å². The molecule has 2 aliphatic rings. The third-order valence-electron chi connectivity index (χ3n) is 4.24. The topological polar surface area (TPSA) is 63.4 Å². The van der Waals surface area contributed by atoms with E-state index in [1.165, 1.54) is 0 Å². The van der Waals surface area contributed by atoms with Crippen molar-refractivity contribution in [2.75, 3.05) is 14.2 Å². The summed E-state index contributed by atoms with van der Waals surface area (Å²) in [5.74, 6) is 1.54. The predicted molar refractivity (Wildman–Crippen MR) is 79.5 cm³/mol. The maximum Gasteiger partial charge on any atom is 0.209 e. The van der Waals surface area contributed by atoms with Gasteiger partial charge < -0.3 is 14.6 Å². The molecule has 0 radical (unpaired) electrons. The Morgan fingerprint density at radius 3 is 2.33 bits per heavy atom. The maximum atomic E-state index is 13.4. The lowest BCUT2D eigenvalue weighted by molar-refractivity contribution is 0.103. The molecular formula is C15H25FN2O3. The minimum absolute atomic E-state index is 0.0952. The number of rotatable bonds is 3. The van der Waals surface area contributed by atoms with Crippen molar-refractivity contribution in [3.05, 3.63) is 0 Å². The Bertz CT molecular complexity index is 415. The van der Waals surface area contributed by atoms with Crippen LogP contribution < -0.4 is 0 Å². The second-order valence-corrected chi connectivity index (χ2v) is 6.20. The molecule has 2 rings (SSSR count). The fraction of sp³-hybridized carbons (Fsp3) is 0.867. The van der Waals surface area contributed by atoms with Gasteiger partial charge in [-0.05, 0) is 31.1 Å². The highest BCUT2D eigenvalue weighted by Gasteiger charge is 2.37. The molecule has 0 saturated heterocycles. The largest absolute Gasteiger partial charge is 0.483 e. The van der Waals surface area contributed by atoms with Crippen molar-refractivity contribution in [1.82, 2.24) is 0 Å². The molecule has 1 heterocycles. The molecule has 1 aliphatic heterocycles. The van der Waals surface area contributed by atoms with Gasteiger partial charge >= 0.3 is 0 Å².